The lowest BCUT2D eigenvalue weighted by Gasteiger charge is -2.41. The number of nitrogens with zero attached hydrogens (tertiary/aromatic N) is 2. The summed E-state index contributed by atoms with van der Waals surface area (Å²) in [4.78, 5) is 2.67. The summed E-state index contributed by atoms with van der Waals surface area (Å²) in [7, 11) is 0. The summed E-state index contributed by atoms with van der Waals surface area (Å²) in [5, 5.41) is 0. The summed E-state index contributed by atoms with van der Waals surface area (Å²) >= 11 is 0. The van der Waals surface area contributed by atoms with Crippen LogP contribution < -0.4 is 4.74 Å². The van der Waals surface area contributed by atoms with E-state index in [1.807, 2.05) is 6.07 Å². The van der Waals surface area contributed by atoms with Crippen LogP contribution in [0.25, 0.3) is 5.69 Å². The molecule has 1 radical (unpaired) electrons. The van der Waals surface area contributed by atoms with Gasteiger partial charge < -0.3 is 14.2 Å². The zero-order chi connectivity index (χ0) is 16.5. The number of likely N-dealkylation sites (tertiary alicyclic amines) is 1. The van der Waals surface area contributed by atoms with Crippen LogP contribution in [0.15, 0.2) is 30.3 Å². The Hall–Kier alpha value is -1.74. The summed E-state index contributed by atoms with van der Waals surface area (Å²) in [6.45, 7) is 6.60. The molecule has 1 aliphatic heterocycles. The number of hydrogen-bond acceptors (Lipinski definition) is 2. The molecule has 1 aromatic heterocycles. The van der Waals surface area contributed by atoms with Gasteiger partial charge in [0.2, 0.25) is 0 Å². The zero-order valence-electron chi connectivity index (χ0n) is 14.8. The normalized spacial score (nSPS) is 20.1. The number of hydrogen-bond donors (Lipinski definition) is 0. The number of ether oxygens (including phenoxy) is 1. The van der Waals surface area contributed by atoms with Crippen molar-refractivity contribution in [1.82, 2.24) is 9.47 Å². The molecule has 2 aliphatic rings. The highest BCUT2D eigenvalue weighted by Gasteiger charge is 2.29. The molecule has 4 rings (SSSR count). The molecule has 24 heavy (non-hydrogen) atoms. The molecule has 0 N–H and O–H groups in total. The van der Waals surface area contributed by atoms with Crippen LogP contribution in [0.3, 0.4) is 0 Å². The molecule has 2 aromatic rings. The van der Waals surface area contributed by atoms with Crippen molar-refractivity contribution in [3.8, 4) is 11.4 Å². The lowest BCUT2D eigenvalue weighted by Crippen LogP contribution is -2.46. The van der Waals surface area contributed by atoms with E-state index in [9.17, 15) is 0 Å². The van der Waals surface area contributed by atoms with E-state index in [0.717, 1.165) is 30.3 Å². The van der Waals surface area contributed by atoms with Crippen LogP contribution in [-0.4, -0.2) is 34.7 Å². The molecule has 127 valence electrons. The largest absolute Gasteiger partial charge is 0.490 e. The predicted molar refractivity (Wildman–Crippen MR) is 96.9 cm³/mol. The third-order valence-electron chi connectivity index (χ3n) is 5.64. The maximum atomic E-state index is 6.22. The lowest BCUT2D eigenvalue weighted by molar-refractivity contribution is 0.0493. The van der Waals surface area contributed by atoms with Gasteiger partial charge in [-0.1, -0.05) is 6.42 Å². The van der Waals surface area contributed by atoms with Gasteiger partial charge in [0, 0.05) is 42.3 Å². The van der Waals surface area contributed by atoms with Gasteiger partial charge in [0.25, 0.3) is 0 Å². The molecular weight excluding hydrogens is 296 g/mol. The highest BCUT2D eigenvalue weighted by Crippen LogP contribution is 2.29. The van der Waals surface area contributed by atoms with E-state index < -0.39 is 0 Å². The molecule has 0 spiro atoms. The summed E-state index contributed by atoms with van der Waals surface area (Å²) in [5.74, 6) is 0.993. The van der Waals surface area contributed by atoms with Crippen LogP contribution in [0.4, 0.5) is 0 Å². The minimum Gasteiger partial charge on any atom is -0.490 e. The fourth-order valence-electron chi connectivity index (χ4n) is 3.98. The number of rotatable bonds is 4. The van der Waals surface area contributed by atoms with E-state index in [1.165, 1.54) is 43.7 Å². The van der Waals surface area contributed by atoms with Crippen molar-refractivity contribution in [2.24, 2.45) is 0 Å². The Balaban J connectivity index is 1.36. The molecule has 1 aromatic carbocycles. The van der Waals surface area contributed by atoms with Crippen molar-refractivity contribution < 1.29 is 4.74 Å². The van der Waals surface area contributed by atoms with Crippen molar-refractivity contribution >= 4 is 0 Å². The molecule has 3 nitrogen and oxygen atoms in total. The molecule has 0 bridgehead atoms. The summed E-state index contributed by atoms with van der Waals surface area (Å²) in [6.07, 6.45) is 6.92. The Bertz CT molecular complexity index is 657. The molecule has 1 saturated heterocycles. The summed E-state index contributed by atoms with van der Waals surface area (Å²) in [5.41, 5.74) is 3.53. The predicted octanol–water partition coefficient (Wildman–Crippen LogP) is 4.29. The van der Waals surface area contributed by atoms with Gasteiger partial charge in [0.15, 0.2) is 0 Å². The molecule has 3 heteroatoms. The van der Waals surface area contributed by atoms with Gasteiger partial charge in [-0.2, -0.15) is 0 Å². The van der Waals surface area contributed by atoms with Crippen LogP contribution in [0.5, 0.6) is 5.75 Å². The lowest BCUT2D eigenvalue weighted by atomic mass is 9.90. The molecule has 0 amide bonds. The second-order valence-corrected chi connectivity index (χ2v) is 7.28. The first-order valence-corrected chi connectivity index (χ1v) is 9.28. The summed E-state index contributed by atoms with van der Waals surface area (Å²) in [6, 6.07) is 14.7. The van der Waals surface area contributed by atoms with Crippen molar-refractivity contribution in [1.29, 1.82) is 0 Å². The van der Waals surface area contributed by atoms with Crippen molar-refractivity contribution in [3.63, 3.8) is 0 Å². The van der Waals surface area contributed by atoms with Crippen LogP contribution in [0.1, 0.15) is 43.5 Å². The Labute approximate surface area is 145 Å². The first-order valence-electron chi connectivity index (χ1n) is 9.28. The third kappa shape index (κ3) is 3.10. The molecule has 0 unspecified atom stereocenters. The van der Waals surface area contributed by atoms with E-state index in [1.54, 1.807) is 0 Å². The van der Waals surface area contributed by atoms with Crippen molar-refractivity contribution in [2.45, 2.75) is 58.1 Å². The molecular formula is C21H27N2O. The maximum Gasteiger partial charge on any atom is 0.119 e. The van der Waals surface area contributed by atoms with E-state index in [2.05, 4.69) is 53.6 Å². The topological polar surface area (TPSA) is 17.4 Å². The third-order valence-corrected chi connectivity index (χ3v) is 5.64. The van der Waals surface area contributed by atoms with E-state index in [4.69, 9.17) is 4.74 Å². The second-order valence-electron chi connectivity index (χ2n) is 7.28. The fourth-order valence-corrected chi connectivity index (χ4v) is 3.98. The monoisotopic (exact) mass is 323 g/mol. The number of benzene rings is 1. The Kier molecular flexibility index (Phi) is 4.36. The van der Waals surface area contributed by atoms with Crippen molar-refractivity contribution in [2.75, 3.05) is 13.1 Å². The molecule has 0 atom stereocenters. The van der Waals surface area contributed by atoms with E-state index in [0.29, 0.717) is 6.10 Å². The van der Waals surface area contributed by atoms with Gasteiger partial charge in [-0.3, -0.25) is 0 Å². The van der Waals surface area contributed by atoms with Crippen LogP contribution in [0.2, 0.25) is 0 Å². The second kappa shape index (κ2) is 6.64. The van der Waals surface area contributed by atoms with Crippen molar-refractivity contribution in [3.05, 3.63) is 47.8 Å². The zero-order valence-corrected chi connectivity index (χ0v) is 14.8. The Morgan fingerprint density at radius 1 is 1.00 bits per heavy atom. The first kappa shape index (κ1) is 15.8. The average molecular weight is 323 g/mol. The van der Waals surface area contributed by atoms with E-state index in [-0.39, 0.29) is 0 Å². The first-order chi connectivity index (χ1) is 11.7. The van der Waals surface area contributed by atoms with Crippen LogP contribution in [0, 0.1) is 19.9 Å². The average Bonchev–Trinajstić information content (AvgIpc) is 2.87. The molecule has 2 fully saturated rings. The SMILES string of the molecule is Cc1[c]cc(C)n1-c1ccc(OC2CCN(C3CCC3)CC2)cc1. The highest BCUT2D eigenvalue weighted by molar-refractivity contribution is 5.41. The quantitative estimate of drug-likeness (QED) is 0.835. The minimum absolute atomic E-state index is 0.371. The van der Waals surface area contributed by atoms with Gasteiger partial charge >= 0.3 is 0 Å². The molecule has 2 heterocycles. The maximum absolute atomic E-state index is 6.22. The number of aryl methyl sites for hydroxylation is 2. The smallest absolute Gasteiger partial charge is 0.119 e. The highest BCUT2D eigenvalue weighted by atomic mass is 16.5. The Morgan fingerprint density at radius 3 is 2.25 bits per heavy atom. The summed E-state index contributed by atoms with van der Waals surface area (Å²) < 4.78 is 8.45. The van der Waals surface area contributed by atoms with Gasteiger partial charge in [-0.15, -0.1) is 0 Å². The van der Waals surface area contributed by atoms with Crippen LogP contribution >= 0.6 is 0 Å². The van der Waals surface area contributed by atoms with Gasteiger partial charge in [-0.05, 0) is 69.9 Å². The van der Waals surface area contributed by atoms with E-state index >= 15 is 0 Å². The minimum atomic E-state index is 0.371. The molecule has 1 saturated carbocycles. The fraction of sp³-hybridized carbons (Fsp3) is 0.524. The Morgan fingerprint density at radius 2 is 1.71 bits per heavy atom. The van der Waals surface area contributed by atoms with Gasteiger partial charge in [0.1, 0.15) is 11.9 Å². The van der Waals surface area contributed by atoms with Gasteiger partial charge in [0.05, 0.1) is 0 Å². The van der Waals surface area contributed by atoms with Gasteiger partial charge in [-0.25, -0.2) is 0 Å². The molecule has 1 aliphatic carbocycles. The number of piperidine rings is 1. The standard InChI is InChI=1S/C21H27N2O/c1-16-6-7-17(2)23(16)19-8-10-20(11-9-19)24-21-12-14-22(15-13-21)18-4-3-5-18/h6,8-11,18,21H,3-5,12-15H2,1-2H3. The van der Waals surface area contributed by atoms with Crippen LogP contribution in [-0.2, 0) is 0 Å². The number of aromatic nitrogens is 1.